The molecule has 0 saturated heterocycles. The number of alkyl halides is 2. The van der Waals surface area contributed by atoms with E-state index in [4.69, 9.17) is 4.74 Å². The van der Waals surface area contributed by atoms with Crippen LogP contribution in [0.3, 0.4) is 0 Å². The van der Waals surface area contributed by atoms with Gasteiger partial charge in [0.2, 0.25) is 0 Å². The molecule has 148 valence electrons. The summed E-state index contributed by atoms with van der Waals surface area (Å²) in [7, 11) is 0. The lowest BCUT2D eigenvalue weighted by Gasteiger charge is -2.17. The van der Waals surface area contributed by atoms with Crippen LogP contribution in [0.4, 0.5) is 8.78 Å². The summed E-state index contributed by atoms with van der Waals surface area (Å²) < 4.78 is 33.9. The number of hydrogen-bond donors (Lipinski definition) is 0. The van der Waals surface area contributed by atoms with Gasteiger partial charge in [0.1, 0.15) is 11.7 Å². The molecule has 0 atom stereocenters. The molecule has 0 fully saturated rings. The summed E-state index contributed by atoms with van der Waals surface area (Å²) in [4.78, 5) is 25.1. The molecule has 4 nitrogen and oxygen atoms in total. The maximum absolute atomic E-state index is 12.8. The summed E-state index contributed by atoms with van der Waals surface area (Å²) in [6.45, 7) is -3.39. The Labute approximate surface area is 166 Å². The number of ether oxygens (including phenoxy) is 2. The molecule has 29 heavy (non-hydrogen) atoms. The van der Waals surface area contributed by atoms with Gasteiger partial charge < -0.3 is 9.47 Å². The molecule has 0 aliphatic heterocycles. The van der Waals surface area contributed by atoms with Crippen molar-refractivity contribution in [1.29, 1.82) is 0 Å². The maximum Gasteiger partial charge on any atom is 0.387 e. The molecule has 3 aromatic rings. The number of rotatable bonds is 8. The van der Waals surface area contributed by atoms with Gasteiger partial charge in [-0.15, -0.1) is 0 Å². The summed E-state index contributed by atoms with van der Waals surface area (Å²) in [5.74, 6) is -1.70. The molecule has 3 aromatic carbocycles. The van der Waals surface area contributed by atoms with Gasteiger partial charge in [-0.05, 0) is 35.4 Å². The molecule has 0 radical (unpaired) electrons. The molecule has 0 amide bonds. The average Bonchev–Trinajstić information content (AvgIpc) is 2.74. The lowest BCUT2D eigenvalue weighted by Crippen LogP contribution is -2.21. The van der Waals surface area contributed by atoms with Crippen LogP contribution in [0.1, 0.15) is 27.4 Å². The molecular weight excluding hydrogens is 378 g/mol. The van der Waals surface area contributed by atoms with Crippen LogP contribution in [-0.2, 0) is 9.53 Å². The first-order valence-electron chi connectivity index (χ1n) is 8.89. The summed E-state index contributed by atoms with van der Waals surface area (Å²) >= 11 is 0. The number of hydrogen-bond acceptors (Lipinski definition) is 4. The van der Waals surface area contributed by atoms with E-state index in [0.29, 0.717) is 0 Å². The van der Waals surface area contributed by atoms with Gasteiger partial charge in [-0.25, -0.2) is 0 Å². The van der Waals surface area contributed by atoms with Crippen LogP contribution in [0, 0.1) is 0 Å². The maximum atomic E-state index is 12.8. The molecule has 0 saturated carbocycles. The molecule has 0 N–H and O–H groups in total. The van der Waals surface area contributed by atoms with Crippen molar-refractivity contribution < 1.29 is 27.8 Å². The third-order valence-corrected chi connectivity index (χ3v) is 4.25. The van der Waals surface area contributed by atoms with E-state index in [0.717, 1.165) is 11.1 Å². The van der Waals surface area contributed by atoms with E-state index in [1.807, 2.05) is 60.7 Å². The minimum absolute atomic E-state index is 0.0539. The highest BCUT2D eigenvalue weighted by molar-refractivity contribution is 5.98. The van der Waals surface area contributed by atoms with Crippen LogP contribution in [0.15, 0.2) is 84.9 Å². The fourth-order valence-electron chi connectivity index (χ4n) is 2.88. The Kier molecular flexibility index (Phi) is 6.68. The van der Waals surface area contributed by atoms with E-state index in [1.165, 1.54) is 24.3 Å². The molecule has 0 aliphatic rings. The Hall–Kier alpha value is -3.54. The normalized spacial score (nSPS) is 10.8. The van der Waals surface area contributed by atoms with Crippen LogP contribution in [0.2, 0.25) is 0 Å². The second-order valence-electron chi connectivity index (χ2n) is 6.19. The standard InChI is InChI=1S/C23H18F2O4/c24-23(25)29-19-13-11-16(12-14-19)20(26)15-28-22(27)21(17-7-3-1-4-8-17)18-9-5-2-6-10-18/h1-14,21,23H,15H2. The zero-order chi connectivity index (χ0) is 20.6. The van der Waals surface area contributed by atoms with Gasteiger partial charge in [-0.3, -0.25) is 9.59 Å². The van der Waals surface area contributed by atoms with Gasteiger partial charge >= 0.3 is 12.6 Å². The molecular formula is C23H18F2O4. The van der Waals surface area contributed by atoms with Crippen molar-refractivity contribution in [2.75, 3.05) is 6.61 Å². The summed E-state index contributed by atoms with van der Waals surface area (Å²) in [6, 6.07) is 23.5. The van der Waals surface area contributed by atoms with Gasteiger partial charge in [0, 0.05) is 5.56 Å². The molecule has 3 rings (SSSR count). The largest absolute Gasteiger partial charge is 0.457 e. The molecule has 0 bridgehead atoms. The quantitative estimate of drug-likeness (QED) is 0.404. The topological polar surface area (TPSA) is 52.6 Å². The Morgan fingerprint density at radius 1 is 0.759 bits per heavy atom. The third kappa shape index (κ3) is 5.48. The number of halogens is 2. The molecule has 0 aromatic heterocycles. The summed E-state index contributed by atoms with van der Waals surface area (Å²) in [5, 5.41) is 0. The van der Waals surface area contributed by atoms with Crippen molar-refractivity contribution in [2.45, 2.75) is 12.5 Å². The highest BCUT2D eigenvalue weighted by Gasteiger charge is 2.25. The predicted octanol–water partition coefficient (Wildman–Crippen LogP) is 4.85. The van der Waals surface area contributed by atoms with E-state index in [2.05, 4.69) is 4.74 Å². The van der Waals surface area contributed by atoms with Crippen LogP contribution in [0.5, 0.6) is 5.75 Å². The van der Waals surface area contributed by atoms with Crippen molar-refractivity contribution in [2.24, 2.45) is 0 Å². The Bertz CT molecular complexity index is 902. The van der Waals surface area contributed by atoms with E-state index >= 15 is 0 Å². The first-order valence-corrected chi connectivity index (χ1v) is 8.89. The monoisotopic (exact) mass is 396 g/mol. The average molecular weight is 396 g/mol. The number of carbonyl (C=O) groups is 2. The van der Waals surface area contributed by atoms with Crippen molar-refractivity contribution in [1.82, 2.24) is 0 Å². The molecule has 0 aliphatic carbocycles. The Balaban J connectivity index is 1.69. The van der Waals surface area contributed by atoms with Gasteiger partial charge in [-0.2, -0.15) is 8.78 Å². The van der Waals surface area contributed by atoms with Crippen LogP contribution in [0.25, 0.3) is 0 Å². The highest BCUT2D eigenvalue weighted by atomic mass is 19.3. The van der Waals surface area contributed by atoms with Crippen molar-refractivity contribution in [3.05, 3.63) is 102 Å². The van der Waals surface area contributed by atoms with Crippen LogP contribution >= 0.6 is 0 Å². The predicted molar refractivity (Wildman–Crippen MR) is 103 cm³/mol. The minimum atomic E-state index is -2.94. The van der Waals surface area contributed by atoms with Gasteiger partial charge in [0.15, 0.2) is 12.4 Å². The number of esters is 1. The summed E-state index contributed by atoms with van der Waals surface area (Å²) in [6.07, 6.45) is 0. The van der Waals surface area contributed by atoms with Gasteiger partial charge in [0.05, 0.1) is 0 Å². The molecule has 0 heterocycles. The second kappa shape index (κ2) is 9.59. The summed E-state index contributed by atoms with van der Waals surface area (Å²) in [5.41, 5.74) is 1.74. The third-order valence-electron chi connectivity index (χ3n) is 4.25. The smallest absolute Gasteiger partial charge is 0.387 e. The number of carbonyl (C=O) groups excluding carboxylic acids is 2. The molecule has 0 unspecified atom stereocenters. The van der Waals surface area contributed by atoms with Gasteiger partial charge in [0.25, 0.3) is 0 Å². The van der Waals surface area contributed by atoms with Crippen molar-refractivity contribution >= 4 is 11.8 Å². The Morgan fingerprint density at radius 2 is 1.28 bits per heavy atom. The fraction of sp³-hybridized carbons (Fsp3) is 0.130. The second-order valence-corrected chi connectivity index (χ2v) is 6.19. The molecule has 6 heteroatoms. The van der Waals surface area contributed by atoms with Crippen LogP contribution in [-0.4, -0.2) is 25.0 Å². The van der Waals surface area contributed by atoms with Crippen molar-refractivity contribution in [3.8, 4) is 5.75 Å². The fourth-order valence-corrected chi connectivity index (χ4v) is 2.88. The zero-order valence-corrected chi connectivity index (χ0v) is 15.3. The number of ketones is 1. The number of benzene rings is 3. The van der Waals surface area contributed by atoms with Crippen LogP contribution < -0.4 is 4.74 Å². The number of Topliss-reactive ketones (excluding diaryl/α,β-unsaturated/α-hetero) is 1. The Morgan fingerprint density at radius 3 is 1.76 bits per heavy atom. The SMILES string of the molecule is O=C(COC(=O)C(c1ccccc1)c1ccccc1)c1ccc(OC(F)F)cc1. The van der Waals surface area contributed by atoms with Gasteiger partial charge in [-0.1, -0.05) is 60.7 Å². The minimum Gasteiger partial charge on any atom is -0.457 e. The van der Waals surface area contributed by atoms with E-state index in [-0.39, 0.29) is 11.3 Å². The molecule has 0 spiro atoms. The lowest BCUT2D eigenvalue weighted by atomic mass is 9.91. The highest BCUT2D eigenvalue weighted by Crippen LogP contribution is 2.26. The van der Waals surface area contributed by atoms with Crippen molar-refractivity contribution in [3.63, 3.8) is 0 Å². The van der Waals surface area contributed by atoms with E-state index in [1.54, 1.807) is 0 Å². The van der Waals surface area contributed by atoms with E-state index in [9.17, 15) is 18.4 Å². The first kappa shape index (κ1) is 20.2. The van der Waals surface area contributed by atoms with E-state index < -0.39 is 30.9 Å². The lowest BCUT2D eigenvalue weighted by molar-refractivity contribution is -0.143. The zero-order valence-electron chi connectivity index (χ0n) is 15.3. The first-order chi connectivity index (χ1) is 14.0.